The van der Waals surface area contributed by atoms with Crippen molar-refractivity contribution in [3.05, 3.63) is 71.8 Å². The Hall–Kier alpha value is -2.60. The van der Waals surface area contributed by atoms with E-state index in [4.69, 9.17) is 4.74 Å². The van der Waals surface area contributed by atoms with Crippen molar-refractivity contribution in [2.75, 3.05) is 0 Å². The fourth-order valence-electron chi connectivity index (χ4n) is 4.01. The molecule has 2 aromatic carbocycles. The van der Waals surface area contributed by atoms with Crippen molar-refractivity contribution in [2.45, 2.75) is 43.0 Å². The van der Waals surface area contributed by atoms with Crippen molar-refractivity contribution in [1.82, 2.24) is 4.90 Å². The van der Waals surface area contributed by atoms with Gasteiger partial charge in [-0.25, -0.2) is 4.79 Å². The first-order chi connectivity index (χ1) is 13.9. The number of hydrogen-bond acceptors (Lipinski definition) is 5. The first-order valence-corrected chi connectivity index (χ1v) is 10.6. The number of carbonyl (C=O) groups excluding carboxylic acids is 3. The summed E-state index contributed by atoms with van der Waals surface area (Å²) in [5, 5.41) is -0.167. The molecule has 0 bridgehead atoms. The largest absolute Gasteiger partial charge is 0.459 e. The van der Waals surface area contributed by atoms with Crippen LogP contribution < -0.4 is 0 Å². The predicted octanol–water partition coefficient (Wildman–Crippen LogP) is 3.68. The van der Waals surface area contributed by atoms with Crippen LogP contribution in [0.3, 0.4) is 0 Å². The van der Waals surface area contributed by atoms with Crippen LogP contribution >= 0.6 is 11.8 Å². The topological polar surface area (TPSA) is 63.7 Å². The summed E-state index contributed by atoms with van der Waals surface area (Å²) < 4.78 is 5.05. The number of ether oxygens (including phenoxy) is 1. The zero-order valence-electron chi connectivity index (χ0n) is 16.4. The number of nitrogens with zero attached hydrogens (tertiary/aromatic N) is 1. The SMILES string of the molecule is CC1(C)S[C@@H]2C(CC(=O)c3ccccc3)C(=O)N2[C@H]1C(=O)OCc1ccccc1. The van der Waals surface area contributed by atoms with E-state index in [-0.39, 0.29) is 36.0 Å². The smallest absolute Gasteiger partial charge is 0.330 e. The second kappa shape index (κ2) is 7.67. The normalized spacial score (nSPS) is 24.6. The van der Waals surface area contributed by atoms with Gasteiger partial charge in [0.25, 0.3) is 0 Å². The third-order valence-electron chi connectivity index (χ3n) is 5.50. The van der Waals surface area contributed by atoms with E-state index >= 15 is 0 Å². The highest BCUT2D eigenvalue weighted by Crippen LogP contribution is 2.54. The number of rotatable bonds is 6. The number of thioether (sulfide) groups is 1. The molecule has 2 aliphatic rings. The van der Waals surface area contributed by atoms with Crippen LogP contribution in [0.1, 0.15) is 36.2 Å². The first-order valence-electron chi connectivity index (χ1n) is 9.67. The Morgan fingerprint density at radius 3 is 2.31 bits per heavy atom. The third-order valence-corrected chi connectivity index (χ3v) is 7.13. The van der Waals surface area contributed by atoms with Gasteiger partial charge < -0.3 is 9.64 Å². The Balaban J connectivity index is 1.43. The van der Waals surface area contributed by atoms with Gasteiger partial charge in [0.2, 0.25) is 5.91 Å². The molecular weight excluding hydrogens is 386 g/mol. The molecule has 0 aromatic heterocycles. The summed E-state index contributed by atoms with van der Waals surface area (Å²) in [6, 6.07) is 17.8. The van der Waals surface area contributed by atoms with Crippen LogP contribution in [0, 0.1) is 5.92 Å². The van der Waals surface area contributed by atoms with E-state index in [2.05, 4.69) is 0 Å². The van der Waals surface area contributed by atoms with Gasteiger partial charge in [-0.2, -0.15) is 0 Å². The molecule has 29 heavy (non-hydrogen) atoms. The molecule has 0 aliphatic carbocycles. The lowest BCUT2D eigenvalue weighted by atomic mass is 9.87. The number of benzene rings is 2. The number of Topliss-reactive ketones (excluding diaryl/α,β-unsaturated/α-hetero) is 1. The zero-order chi connectivity index (χ0) is 20.6. The summed E-state index contributed by atoms with van der Waals surface area (Å²) in [7, 11) is 0. The molecule has 2 aromatic rings. The number of amides is 1. The van der Waals surface area contributed by atoms with E-state index in [0.717, 1.165) is 5.56 Å². The average Bonchev–Trinajstić information content (AvgIpc) is 2.99. The van der Waals surface area contributed by atoms with Crippen LogP contribution in [0.2, 0.25) is 0 Å². The lowest BCUT2D eigenvalue weighted by molar-refractivity contribution is -0.167. The van der Waals surface area contributed by atoms with Crippen LogP contribution in [0.25, 0.3) is 0 Å². The molecular formula is C23H23NO4S. The van der Waals surface area contributed by atoms with Crippen LogP contribution in [-0.2, 0) is 20.9 Å². The van der Waals surface area contributed by atoms with Gasteiger partial charge in [-0.15, -0.1) is 11.8 Å². The van der Waals surface area contributed by atoms with Gasteiger partial charge in [-0.05, 0) is 19.4 Å². The minimum absolute atomic E-state index is 0.0443. The molecule has 0 saturated carbocycles. The van der Waals surface area contributed by atoms with Gasteiger partial charge in [0.1, 0.15) is 12.6 Å². The Bertz CT molecular complexity index is 928. The van der Waals surface area contributed by atoms with Gasteiger partial charge in [-0.3, -0.25) is 9.59 Å². The van der Waals surface area contributed by atoms with Crippen LogP contribution in [-0.4, -0.2) is 38.7 Å². The monoisotopic (exact) mass is 409 g/mol. The van der Waals surface area contributed by atoms with Crippen molar-refractivity contribution < 1.29 is 19.1 Å². The van der Waals surface area contributed by atoms with Crippen LogP contribution in [0.5, 0.6) is 0 Å². The number of β-lactam (4-membered cyclic amide) rings is 1. The molecule has 0 radical (unpaired) electrons. The molecule has 2 saturated heterocycles. The minimum Gasteiger partial charge on any atom is -0.459 e. The van der Waals surface area contributed by atoms with Crippen molar-refractivity contribution in [2.24, 2.45) is 5.92 Å². The van der Waals surface area contributed by atoms with Gasteiger partial charge in [-0.1, -0.05) is 60.7 Å². The Labute approximate surface area is 174 Å². The number of hydrogen-bond donors (Lipinski definition) is 0. The molecule has 5 nitrogen and oxygen atoms in total. The fraction of sp³-hybridized carbons (Fsp3) is 0.348. The number of esters is 1. The van der Waals surface area contributed by atoms with E-state index in [1.54, 1.807) is 28.8 Å². The summed E-state index contributed by atoms with van der Waals surface area (Å²) in [5.41, 5.74) is 1.52. The van der Waals surface area contributed by atoms with E-state index in [9.17, 15) is 14.4 Å². The fourth-order valence-corrected chi connectivity index (χ4v) is 5.69. The Morgan fingerprint density at radius 2 is 1.66 bits per heavy atom. The molecule has 2 aliphatic heterocycles. The third kappa shape index (κ3) is 3.69. The van der Waals surface area contributed by atoms with Crippen molar-refractivity contribution in [1.29, 1.82) is 0 Å². The Morgan fingerprint density at radius 1 is 1.03 bits per heavy atom. The van der Waals surface area contributed by atoms with E-state index in [1.807, 2.05) is 62.4 Å². The highest BCUT2D eigenvalue weighted by molar-refractivity contribution is 8.01. The van der Waals surface area contributed by atoms with E-state index < -0.39 is 16.8 Å². The zero-order valence-corrected chi connectivity index (χ0v) is 17.2. The lowest BCUT2D eigenvalue weighted by Crippen LogP contribution is -2.63. The second-order valence-corrected chi connectivity index (χ2v) is 9.72. The Kier molecular flexibility index (Phi) is 5.21. The molecule has 150 valence electrons. The maximum absolute atomic E-state index is 12.8. The summed E-state index contributed by atoms with van der Waals surface area (Å²) >= 11 is 1.58. The minimum atomic E-state index is -0.642. The predicted molar refractivity (Wildman–Crippen MR) is 111 cm³/mol. The molecule has 3 atom stereocenters. The van der Waals surface area contributed by atoms with Crippen LogP contribution in [0.4, 0.5) is 0 Å². The molecule has 1 amide bonds. The number of fused-ring (bicyclic) bond motifs is 1. The summed E-state index contributed by atoms with van der Waals surface area (Å²) in [6.45, 7) is 4.08. The lowest BCUT2D eigenvalue weighted by Gasteiger charge is -2.43. The first kappa shape index (κ1) is 19.7. The maximum atomic E-state index is 12.8. The molecule has 2 heterocycles. The van der Waals surface area contributed by atoms with Crippen molar-refractivity contribution in [3.63, 3.8) is 0 Å². The van der Waals surface area contributed by atoms with Crippen molar-refractivity contribution >= 4 is 29.4 Å². The summed E-state index contributed by atoms with van der Waals surface area (Å²) in [6.07, 6.45) is 0.166. The number of ketones is 1. The molecule has 0 spiro atoms. The molecule has 1 unspecified atom stereocenters. The van der Waals surface area contributed by atoms with Gasteiger partial charge in [0.15, 0.2) is 5.78 Å². The molecule has 2 fully saturated rings. The maximum Gasteiger partial charge on any atom is 0.330 e. The highest BCUT2D eigenvalue weighted by Gasteiger charge is 2.64. The molecule has 0 N–H and O–H groups in total. The van der Waals surface area contributed by atoms with E-state index in [0.29, 0.717) is 5.56 Å². The summed E-state index contributed by atoms with van der Waals surface area (Å²) in [4.78, 5) is 39.8. The number of carbonyl (C=O) groups is 3. The van der Waals surface area contributed by atoms with Gasteiger partial charge >= 0.3 is 5.97 Å². The van der Waals surface area contributed by atoms with Crippen molar-refractivity contribution in [3.8, 4) is 0 Å². The van der Waals surface area contributed by atoms with E-state index in [1.165, 1.54) is 0 Å². The molecule has 6 heteroatoms. The molecule has 4 rings (SSSR count). The second-order valence-electron chi connectivity index (χ2n) is 7.95. The quantitative estimate of drug-likeness (QED) is 0.414. The summed E-state index contributed by atoms with van der Waals surface area (Å²) in [5.74, 6) is -0.968. The van der Waals surface area contributed by atoms with Gasteiger partial charge in [0.05, 0.1) is 11.3 Å². The highest BCUT2D eigenvalue weighted by atomic mass is 32.2. The van der Waals surface area contributed by atoms with Crippen LogP contribution in [0.15, 0.2) is 60.7 Å². The standard InChI is InChI=1S/C23H23NO4S/c1-23(2)19(22(27)28-14-15-9-5-3-6-10-15)24-20(26)17(21(24)29-23)13-18(25)16-11-7-4-8-12-16/h3-12,17,19,21H,13-14H2,1-2H3/t17?,19-,21+/m0/s1. The average molecular weight is 410 g/mol. The van der Waals surface area contributed by atoms with Gasteiger partial charge in [0, 0.05) is 16.7 Å².